The molecule has 1 aliphatic rings. The number of hydrogen-bond donors (Lipinski definition) is 1. The highest BCUT2D eigenvalue weighted by Crippen LogP contribution is 2.23. The molecule has 0 amide bonds. The molecule has 0 saturated carbocycles. The van der Waals surface area contributed by atoms with Crippen LogP contribution in [0.25, 0.3) is 0 Å². The molecule has 172 valence electrons. The largest absolute Gasteiger partial charge is 0.489 e. The van der Waals surface area contributed by atoms with E-state index < -0.39 is 6.23 Å². The Balaban J connectivity index is 1.29. The first-order valence-electron chi connectivity index (χ1n) is 11.6. The summed E-state index contributed by atoms with van der Waals surface area (Å²) in [5, 5.41) is 10.7. The molecule has 3 aromatic rings. The zero-order valence-electron chi connectivity index (χ0n) is 19.2. The van der Waals surface area contributed by atoms with E-state index in [1.54, 1.807) is 12.1 Å². The minimum absolute atomic E-state index is 0.0517. The van der Waals surface area contributed by atoms with Crippen LogP contribution in [0.2, 0.25) is 0 Å². The molecule has 0 aliphatic carbocycles. The van der Waals surface area contributed by atoms with Crippen molar-refractivity contribution < 1.29 is 14.6 Å². The topological polar surface area (TPSA) is 53.0 Å². The average molecular weight is 445 g/mol. The molecule has 1 atom stereocenters. The fourth-order valence-electron chi connectivity index (χ4n) is 4.31. The van der Waals surface area contributed by atoms with Gasteiger partial charge in [0.15, 0.2) is 5.78 Å². The Labute approximate surface area is 196 Å². The Morgan fingerprint density at radius 2 is 1.58 bits per heavy atom. The van der Waals surface area contributed by atoms with Crippen molar-refractivity contribution in [3.05, 3.63) is 95.6 Å². The van der Waals surface area contributed by atoms with E-state index in [9.17, 15) is 9.90 Å². The number of rotatable bonds is 9. The van der Waals surface area contributed by atoms with E-state index in [4.69, 9.17) is 4.74 Å². The smallest absolute Gasteiger partial charge is 0.166 e. The number of piperazine rings is 1. The van der Waals surface area contributed by atoms with Crippen molar-refractivity contribution in [2.75, 3.05) is 37.7 Å². The molecule has 0 spiro atoms. The zero-order valence-corrected chi connectivity index (χ0v) is 19.2. The summed E-state index contributed by atoms with van der Waals surface area (Å²) >= 11 is 0. The highest BCUT2D eigenvalue weighted by molar-refractivity contribution is 5.98. The quantitative estimate of drug-likeness (QED) is 0.498. The van der Waals surface area contributed by atoms with Crippen LogP contribution in [0.5, 0.6) is 5.75 Å². The highest BCUT2D eigenvalue weighted by Gasteiger charge is 2.24. The maximum absolute atomic E-state index is 12.8. The summed E-state index contributed by atoms with van der Waals surface area (Å²) in [5.74, 6) is 0.587. The van der Waals surface area contributed by atoms with E-state index in [0.717, 1.165) is 31.7 Å². The van der Waals surface area contributed by atoms with Gasteiger partial charge in [-0.05, 0) is 42.7 Å². The number of carbonyl (C=O) groups excluding carboxylic acids is 1. The minimum atomic E-state index is -0.712. The summed E-state index contributed by atoms with van der Waals surface area (Å²) in [6.07, 6.45) is 0.409. The molecule has 5 heteroatoms. The van der Waals surface area contributed by atoms with Gasteiger partial charge in [-0.25, -0.2) is 0 Å². The van der Waals surface area contributed by atoms with E-state index in [0.29, 0.717) is 24.2 Å². The summed E-state index contributed by atoms with van der Waals surface area (Å²) in [6, 6.07) is 25.7. The second-order valence-electron chi connectivity index (χ2n) is 8.51. The van der Waals surface area contributed by atoms with E-state index in [1.807, 2.05) is 47.4 Å². The van der Waals surface area contributed by atoms with Crippen LogP contribution in [0.3, 0.4) is 0 Å². The summed E-state index contributed by atoms with van der Waals surface area (Å²) < 4.78 is 5.93. The molecular weight excluding hydrogens is 412 g/mol. The average Bonchev–Trinajstić information content (AvgIpc) is 2.87. The van der Waals surface area contributed by atoms with Gasteiger partial charge < -0.3 is 14.7 Å². The monoisotopic (exact) mass is 444 g/mol. The molecule has 1 aliphatic heterocycles. The normalized spacial score (nSPS) is 15.3. The number of anilines is 1. The first-order valence-corrected chi connectivity index (χ1v) is 11.6. The molecular formula is C28H32N2O3. The number of Topliss-reactive ketones (excluding diaryl/α,β-unsaturated/α-hetero) is 1. The van der Waals surface area contributed by atoms with Gasteiger partial charge in [0.2, 0.25) is 0 Å². The molecule has 1 heterocycles. The molecule has 1 N–H and O–H groups in total. The van der Waals surface area contributed by atoms with Crippen LogP contribution < -0.4 is 9.64 Å². The van der Waals surface area contributed by atoms with Gasteiger partial charge in [0.1, 0.15) is 18.6 Å². The fourth-order valence-corrected chi connectivity index (χ4v) is 4.31. The molecule has 0 bridgehead atoms. The van der Waals surface area contributed by atoms with Crippen molar-refractivity contribution in [3.8, 4) is 5.75 Å². The second kappa shape index (κ2) is 11.1. The first-order chi connectivity index (χ1) is 16.1. The third-order valence-corrected chi connectivity index (χ3v) is 6.25. The van der Waals surface area contributed by atoms with Gasteiger partial charge in [0.25, 0.3) is 0 Å². The molecule has 1 unspecified atom stereocenters. The Morgan fingerprint density at radius 1 is 0.909 bits per heavy atom. The second-order valence-corrected chi connectivity index (χ2v) is 8.51. The first kappa shape index (κ1) is 23.0. The van der Waals surface area contributed by atoms with Crippen LogP contribution in [0.15, 0.2) is 78.9 Å². The molecule has 33 heavy (non-hydrogen) atoms. The highest BCUT2D eigenvalue weighted by atomic mass is 16.5. The van der Waals surface area contributed by atoms with Crippen LogP contribution in [-0.2, 0) is 6.42 Å². The zero-order chi connectivity index (χ0) is 23.0. The third kappa shape index (κ3) is 6.01. The SMILES string of the molecule is Cc1ccccc1N1CCN(C(O)COc2ccccc2C(=O)CCc2ccccc2)CC1. The number of hydrogen-bond acceptors (Lipinski definition) is 5. The van der Waals surface area contributed by atoms with Crippen molar-refractivity contribution in [1.29, 1.82) is 0 Å². The van der Waals surface area contributed by atoms with Crippen molar-refractivity contribution in [3.63, 3.8) is 0 Å². The number of ketones is 1. The van der Waals surface area contributed by atoms with Crippen molar-refractivity contribution in [2.24, 2.45) is 0 Å². The number of ether oxygens (including phenoxy) is 1. The van der Waals surface area contributed by atoms with Gasteiger partial charge in [-0.1, -0.05) is 60.7 Å². The lowest BCUT2D eigenvalue weighted by molar-refractivity contribution is -0.0302. The lowest BCUT2D eigenvalue weighted by Gasteiger charge is -2.38. The molecule has 4 rings (SSSR count). The molecule has 5 nitrogen and oxygen atoms in total. The maximum Gasteiger partial charge on any atom is 0.166 e. The molecule has 3 aromatic carbocycles. The number of para-hydroxylation sites is 2. The number of carbonyl (C=O) groups is 1. The van der Waals surface area contributed by atoms with Gasteiger partial charge in [-0.3, -0.25) is 9.69 Å². The van der Waals surface area contributed by atoms with Gasteiger partial charge in [-0.15, -0.1) is 0 Å². The van der Waals surface area contributed by atoms with Crippen molar-refractivity contribution >= 4 is 11.5 Å². The van der Waals surface area contributed by atoms with Crippen LogP contribution >= 0.6 is 0 Å². The number of nitrogens with zero attached hydrogens (tertiary/aromatic N) is 2. The Bertz CT molecular complexity index is 1050. The number of benzene rings is 3. The van der Waals surface area contributed by atoms with Crippen LogP contribution in [0.4, 0.5) is 5.69 Å². The Morgan fingerprint density at radius 3 is 2.33 bits per heavy atom. The van der Waals surface area contributed by atoms with Crippen molar-refractivity contribution in [2.45, 2.75) is 26.0 Å². The Kier molecular flexibility index (Phi) is 7.76. The number of aryl methyl sites for hydroxylation is 2. The predicted octanol–water partition coefficient (Wildman–Crippen LogP) is 4.33. The van der Waals surface area contributed by atoms with E-state index in [-0.39, 0.29) is 12.4 Å². The lowest BCUT2D eigenvalue weighted by atomic mass is 10.0. The molecule has 0 radical (unpaired) electrons. The summed E-state index contributed by atoms with van der Waals surface area (Å²) in [6.45, 7) is 5.50. The van der Waals surface area contributed by atoms with Crippen LogP contribution in [-0.4, -0.2) is 54.8 Å². The van der Waals surface area contributed by atoms with Crippen molar-refractivity contribution in [1.82, 2.24) is 4.90 Å². The maximum atomic E-state index is 12.8. The summed E-state index contributed by atoms with van der Waals surface area (Å²) in [4.78, 5) is 17.2. The Hall–Kier alpha value is -3.15. The summed E-state index contributed by atoms with van der Waals surface area (Å²) in [5.41, 5.74) is 4.24. The minimum Gasteiger partial charge on any atom is -0.489 e. The van der Waals surface area contributed by atoms with Gasteiger partial charge in [0, 0.05) is 38.3 Å². The fraction of sp³-hybridized carbons (Fsp3) is 0.321. The van der Waals surface area contributed by atoms with Crippen LogP contribution in [0, 0.1) is 6.92 Å². The number of aliphatic hydroxyl groups excluding tert-OH is 1. The van der Waals surface area contributed by atoms with Gasteiger partial charge in [0.05, 0.1) is 5.56 Å². The van der Waals surface area contributed by atoms with Crippen LogP contribution in [0.1, 0.15) is 27.9 Å². The van der Waals surface area contributed by atoms with E-state index >= 15 is 0 Å². The standard InChI is InChI=1S/C28H32N2O3/c1-22-9-5-7-13-25(22)29-17-19-30(20-18-29)28(32)21-33-27-14-8-6-12-24(27)26(31)16-15-23-10-3-2-4-11-23/h2-14,28,32H,15-21H2,1H3. The third-order valence-electron chi connectivity index (χ3n) is 6.25. The predicted molar refractivity (Wildman–Crippen MR) is 132 cm³/mol. The lowest BCUT2D eigenvalue weighted by Crippen LogP contribution is -2.52. The molecule has 0 aromatic heterocycles. The molecule has 1 saturated heterocycles. The van der Waals surface area contributed by atoms with Gasteiger partial charge in [-0.2, -0.15) is 0 Å². The summed E-state index contributed by atoms with van der Waals surface area (Å²) in [7, 11) is 0. The molecule has 1 fully saturated rings. The number of aliphatic hydroxyl groups is 1. The van der Waals surface area contributed by atoms with E-state index in [2.05, 4.69) is 36.1 Å². The van der Waals surface area contributed by atoms with E-state index in [1.165, 1.54) is 11.3 Å². The van der Waals surface area contributed by atoms with Gasteiger partial charge >= 0.3 is 0 Å².